The Morgan fingerprint density at radius 1 is 1.48 bits per heavy atom. The third-order valence-electron chi connectivity index (χ3n) is 3.59. The largest absolute Gasteiger partial charge is 0.416 e. The Morgan fingerprint density at radius 3 is 2.62 bits per heavy atom. The van der Waals surface area contributed by atoms with Crippen molar-refractivity contribution in [3.63, 3.8) is 0 Å². The summed E-state index contributed by atoms with van der Waals surface area (Å²) in [6.45, 7) is 0.474. The van der Waals surface area contributed by atoms with Crippen molar-refractivity contribution in [2.75, 3.05) is 33.2 Å². The van der Waals surface area contributed by atoms with Crippen molar-refractivity contribution in [3.05, 3.63) is 0 Å². The van der Waals surface area contributed by atoms with Crippen LogP contribution < -0.4 is 5.32 Å². The average molecular weight is 308 g/mol. The number of carbonyl (C=O) groups excluding carboxylic acids is 1. The molecular weight excluding hydrogens is 289 g/mol. The number of aliphatic hydroxyl groups excluding tert-OH is 1. The van der Waals surface area contributed by atoms with Crippen LogP contribution in [0.5, 0.6) is 0 Å². The zero-order valence-corrected chi connectivity index (χ0v) is 11.7. The topological polar surface area (TPSA) is 68.2 Å². The number of amides is 1. The molecule has 2 aliphatic rings. The van der Waals surface area contributed by atoms with Crippen molar-refractivity contribution in [2.45, 2.75) is 31.2 Å². The first kappa shape index (κ1) is 15.9. The zero-order valence-electron chi connectivity index (χ0n) is 11.7. The van der Waals surface area contributed by atoms with E-state index in [0.29, 0.717) is 19.1 Å². The molecule has 1 amide bonds. The van der Waals surface area contributed by atoms with Gasteiger partial charge in [-0.15, -0.1) is 0 Å². The maximum atomic E-state index is 12.3. The van der Waals surface area contributed by atoms with Crippen molar-refractivity contribution in [1.82, 2.24) is 15.1 Å². The van der Waals surface area contributed by atoms with Crippen molar-refractivity contribution < 1.29 is 23.1 Å². The van der Waals surface area contributed by atoms with Crippen molar-refractivity contribution in [1.29, 1.82) is 0 Å². The molecule has 21 heavy (non-hydrogen) atoms. The number of aliphatic imine (C=N–C) groups is 1. The quantitative estimate of drug-likeness (QED) is 0.559. The summed E-state index contributed by atoms with van der Waals surface area (Å²) in [4.78, 5) is 19.3. The summed E-state index contributed by atoms with van der Waals surface area (Å²) in [5, 5.41) is 11.4. The Kier molecular flexibility index (Phi) is 4.60. The molecule has 1 aliphatic carbocycles. The van der Waals surface area contributed by atoms with Gasteiger partial charge >= 0.3 is 6.18 Å². The van der Waals surface area contributed by atoms with Crippen LogP contribution in [0, 0.1) is 0 Å². The second-order valence-corrected chi connectivity index (χ2v) is 5.23. The summed E-state index contributed by atoms with van der Waals surface area (Å²) in [6.07, 6.45) is -5.09. The molecule has 1 saturated heterocycles. The van der Waals surface area contributed by atoms with E-state index in [2.05, 4.69) is 10.3 Å². The molecule has 1 atom stereocenters. The first-order valence-corrected chi connectivity index (χ1v) is 6.82. The minimum atomic E-state index is -4.67. The van der Waals surface area contributed by atoms with Gasteiger partial charge in [-0.05, 0) is 12.8 Å². The molecule has 0 aromatic carbocycles. The van der Waals surface area contributed by atoms with E-state index in [9.17, 15) is 18.0 Å². The first-order chi connectivity index (χ1) is 9.82. The average Bonchev–Trinajstić information content (AvgIpc) is 3.22. The lowest BCUT2D eigenvalue weighted by molar-refractivity contribution is -0.201. The minimum absolute atomic E-state index is 0.0388. The highest BCUT2D eigenvalue weighted by molar-refractivity contribution is 5.88. The van der Waals surface area contributed by atoms with E-state index in [0.717, 1.165) is 12.8 Å². The zero-order chi connectivity index (χ0) is 15.6. The monoisotopic (exact) mass is 308 g/mol. The third kappa shape index (κ3) is 3.99. The fourth-order valence-electron chi connectivity index (χ4n) is 2.28. The summed E-state index contributed by atoms with van der Waals surface area (Å²) in [7, 11) is 1.43. The Hall–Kier alpha value is -1.51. The van der Waals surface area contributed by atoms with E-state index >= 15 is 0 Å². The van der Waals surface area contributed by atoms with Gasteiger partial charge in [0.15, 0.2) is 12.1 Å². The summed E-state index contributed by atoms with van der Waals surface area (Å²) >= 11 is 0. The second kappa shape index (κ2) is 6.08. The lowest BCUT2D eigenvalue weighted by atomic mass is 10.3. The number of halogens is 3. The Bertz CT molecular complexity index is 423. The van der Waals surface area contributed by atoms with Crippen LogP contribution in [0.15, 0.2) is 4.99 Å². The maximum Gasteiger partial charge on any atom is 0.416 e. The molecule has 9 heteroatoms. The fourth-order valence-corrected chi connectivity index (χ4v) is 2.28. The number of nitrogens with zero attached hydrogens (tertiary/aromatic N) is 3. The molecule has 6 nitrogen and oxygen atoms in total. The molecule has 0 aromatic rings. The molecule has 1 aliphatic heterocycles. The fraction of sp³-hybridized carbons (Fsp3) is 0.833. The Labute approximate surface area is 120 Å². The lowest BCUT2D eigenvalue weighted by Crippen LogP contribution is -2.56. The summed E-state index contributed by atoms with van der Waals surface area (Å²) < 4.78 is 36.8. The predicted octanol–water partition coefficient (Wildman–Crippen LogP) is -0.208. The predicted molar refractivity (Wildman–Crippen MR) is 69.7 cm³/mol. The molecule has 2 N–H and O–H groups in total. The van der Waals surface area contributed by atoms with Crippen LogP contribution in [0.1, 0.15) is 12.8 Å². The van der Waals surface area contributed by atoms with Crippen molar-refractivity contribution in [3.8, 4) is 0 Å². The lowest BCUT2D eigenvalue weighted by Gasteiger charge is -2.36. The standard InChI is InChI=1S/C12H19F3N4O2/c1-16-11(17-6-9(20)12(13,14)15)18-4-5-19(8-2-3-8)10(21)7-18/h8-9,20H,2-7H2,1H3,(H,16,17). The molecule has 1 saturated carbocycles. The molecule has 120 valence electrons. The second-order valence-electron chi connectivity index (χ2n) is 5.23. The number of carbonyl (C=O) groups is 1. The SMILES string of the molecule is CN=C(NCC(O)C(F)(F)F)N1CCN(C2CC2)C(=O)C1. The van der Waals surface area contributed by atoms with Crippen LogP contribution in [-0.2, 0) is 4.79 Å². The smallest absolute Gasteiger partial charge is 0.382 e. The molecule has 0 bridgehead atoms. The molecule has 0 aromatic heterocycles. The number of rotatable bonds is 3. The Morgan fingerprint density at radius 2 is 2.14 bits per heavy atom. The maximum absolute atomic E-state index is 12.3. The molecule has 0 spiro atoms. The van der Waals surface area contributed by atoms with Crippen LogP contribution in [0.4, 0.5) is 13.2 Å². The highest BCUT2D eigenvalue weighted by Gasteiger charge is 2.39. The number of piperazine rings is 1. The molecule has 1 unspecified atom stereocenters. The Balaban J connectivity index is 1.86. The van der Waals surface area contributed by atoms with Gasteiger partial charge in [0.2, 0.25) is 5.91 Å². The van der Waals surface area contributed by atoms with Gasteiger partial charge in [-0.25, -0.2) is 0 Å². The van der Waals surface area contributed by atoms with Gasteiger partial charge in [-0.2, -0.15) is 13.2 Å². The highest BCUT2D eigenvalue weighted by atomic mass is 19.4. The van der Waals surface area contributed by atoms with Gasteiger partial charge in [-0.3, -0.25) is 9.79 Å². The van der Waals surface area contributed by atoms with Crippen LogP contribution >= 0.6 is 0 Å². The van der Waals surface area contributed by atoms with Gasteiger partial charge in [-0.1, -0.05) is 0 Å². The normalized spacial score (nSPS) is 22.5. The van der Waals surface area contributed by atoms with E-state index in [1.54, 1.807) is 4.90 Å². The summed E-state index contributed by atoms with van der Waals surface area (Å²) in [6, 6.07) is 0.335. The number of alkyl halides is 3. The summed E-state index contributed by atoms with van der Waals surface area (Å²) in [5.74, 6) is 0.158. The van der Waals surface area contributed by atoms with E-state index in [4.69, 9.17) is 5.11 Å². The molecular formula is C12H19F3N4O2. The number of aliphatic hydroxyl groups is 1. The number of hydrogen-bond acceptors (Lipinski definition) is 3. The van der Waals surface area contributed by atoms with E-state index in [1.807, 2.05) is 4.90 Å². The summed E-state index contributed by atoms with van der Waals surface area (Å²) in [5.41, 5.74) is 0. The molecule has 2 rings (SSSR count). The third-order valence-corrected chi connectivity index (χ3v) is 3.59. The molecule has 1 heterocycles. The number of guanidine groups is 1. The van der Waals surface area contributed by atoms with Gasteiger partial charge in [0.05, 0.1) is 13.1 Å². The van der Waals surface area contributed by atoms with Gasteiger partial charge < -0.3 is 20.2 Å². The first-order valence-electron chi connectivity index (χ1n) is 6.82. The van der Waals surface area contributed by atoms with Crippen LogP contribution in [-0.4, -0.2) is 78.3 Å². The van der Waals surface area contributed by atoms with Crippen LogP contribution in [0.2, 0.25) is 0 Å². The molecule has 0 radical (unpaired) electrons. The van der Waals surface area contributed by atoms with Gasteiger partial charge in [0, 0.05) is 26.2 Å². The minimum Gasteiger partial charge on any atom is -0.382 e. The highest BCUT2D eigenvalue weighted by Crippen LogP contribution is 2.28. The van der Waals surface area contributed by atoms with Gasteiger partial charge in [0.25, 0.3) is 0 Å². The van der Waals surface area contributed by atoms with Crippen molar-refractivity contribution in [2.24, 2.45) is 4.99 Å². The van der Waals surface area contributed by atoms with Crippen molar-refractivity contribution >= 4 is 11.9 Å². The van der Waals surface area contributed by atoms with Gasteiger partial charge in [0.1, 0.15) is 0 Å². The molecule has 2 fully saturated rings. The van der Waals surface area contributed by atoms with E-state index in [-0.39, 0.29) is 18.4 Å². The number of nitrogens with one attached hydrogen (secondary N) is 1. The van der Waals surface area contributed by atoms with Crippen LogP contribution in [0.25, 0.3) is 0 Å². The van der Waals surface area contributed by atoms with E-state index < -0.39 is 18.8 Å². The van der Waals surface area contributed by atoms with E-state index in [1.165, 1.54) is 7.05 Å². The van der Waals surface area contributed by atoms with Crippen LogP contribution in [0.3, 0.4) is 0 Å². The number of hydrogen-bond donors (Lipinski definition) is 2.